The molecule has 0 aliphatic rings. The molecule has 0 aliphatic heterocycles. The van der Waals surface area contributed by atoms with Crippen LogP contribution in [0.2, 0.25) is 0 Å². The van der Waals surface area contributed by atoms with Crippen LogP contribution in [-0.2, 0) is 27.4 Å². The summed E-state index contributed by atoms with van der Waals surface area (Å²) in [6.07, 6.45) is -10.2. The first kappa shape index (κ1) is 24.4. The summed E-state index contributed by atoms with van der Waals surface area (Å²) in [5.74, 6) is -1.95. The SMILES string of the molecule is O=C(O)CCCc1cc2cc(C(F)(F)F)ccc2n1S(=O)(=O)c1cccc(OC(F)(F)F)c1. The molecule has 0 spiro atoms. The quantitative estimate of drug-likeness (QED) is 0.456. The largest absolute Gasteiger partial charge is 0.573 e. The topological polar surface area (TPSA) is 85.6 Å². The number of hydrogen-bond acceptors (Lipinski definition) is 4. The third-order valence-electron chi connectivity index (χ3n) is 4.56. The molecule has 0 saturated heterocycles. The van der Waals surface area contributed by atoms with E-state index < -0.39 is 44.7 Å². The first-order valence-corrected chi connectivity index (χ1v) is 10.7. The number of benzene rings is 2. The van der Waals surface area contributed by atoms with E-state index in [4.69, 9.17) is 5.11 Å². The van der Waals surface area contributed by atoms with Gasteiger partial charge in [0, 0.05) is 23.6 Å². The van der Waals surface area contributed by atoms with Crippen molar-refractivity contribution in [2.45, 2.75) is 36.7 Å². The van der Waals surface area contributed by atoms with Crippen LogP contribution in [0.25, 0.3) is 10.9 Å². The number of fused-ring (bicyclic) bond motifs is 1. The van der Waals surface area contributed by atoms with E-state index in [0.29, 0.717) is 16.1 Å². The van der Waals surface area contributed by atoms with Crippen LogP contribution in [-0.4, -0.2) is 29.8 Å². The average molecular weight is 495 g/mol. The third kappa shape index (κ3) is 5.59. The van der Waals surface area contributed by atoms with Crippen molar-refractivity contribution in [3.63, 3.8) is 0 Å². The van der Waals surface area contributed by atoms with Crippen LogP contribution in [0.5, 0.6) is 5.75 Å². The van der Waals surface area contributed by atoms with Gasteiger partial charge in [0.2, 0.25) is 0 Å². The minimum Gasteiger partial charge on any atom is -0.481 e. The van der Waals surface area contributed by atoms with E-state index >= 15 is 0 Å². The molecular weight excluding hydrogens is 480 g/mol. The van der Waals surface area contributed by atoms with Crippen molar-refractivity contribution < 1.29 is 49.4 Å². The van der Waals surface area contributed by atoms with Crippen LogP contribution < -0.4 is 4.74 Å². The summed E-state index contributed by atoms with van der Waals surface area (Å²) in [5, 5.41) is 8.75. The van der Waals surface area contributed by atoms with Gasteiger partial charge < -0.3 is 9.84 Å². The third-order valence-corrected chi connectivity index (χ3v) is 6.32. The molecule has 0 saturated carbocycles. The number of aromatic nitrogens is 1. The zero-order valence-electron chi connectivity index (χ0n) is 16.4. The Kier molecular flexibility index (Phi) is 6.37. The van der Waals surface area contributed by atoms with Gasteiger partial charge in [0.05, 0.1) is 16.0 Å². The molecule has 6 nitrogen and oxygen atoms in total. The molecule has 178 valence electrons. The van der Waals surface area contributed by atoms with Gasteiger partial charge in [0.1, 0.15) is 5.75 Å². The van der Waals surface area contributed by atoms with Gasteiger partial charge in [-0.15, -0.1) is 13.2 Å². The van der Waals surface area contributed by atoms with Gasteiger partial charge in [-0.05, 0) is 49.2 Å². The van der Waals surface area contributed by atoms with Crippen LogP contribution in [0.15, 0.2) is 53.4 Å². The summed E-state index contributed by atoms with van der Waals surface area (Å²) in [6, 6.07) is 7.10. The minimum atomic E-state index is -5.07. The lowest BCUT2D eigenvalue weighted by Gasteiger charge is -2.14. The molecule has 3 rings (SSSR count). The number of alkyl halides is 6. The number of hydrogen-bond donors (Lipinski definition) is 1. The van der Waals surface area contributed by atoms with E-state index in [1.165, 1.54) is 6.07 Å². The Hall–Kier alpha value is -3.22. The van der Waals surface area contributed by atoms with Crippen LogP contribution in [0.4, 0.5) is 26.3 Å². The van der Waals surface area contributed by atoms with E-state index in [0.717, 1.165) is 30.3 Å². The molecule has 0 aliphatic carbocycles. The fourth-order valence-electron chi connectivity index (χ4n) is 3.24. The summed E-state index contributed by atoms with van der Waals surface area (Å²) in [7, 11) is -4.59. The molecule has 0 fully saturated rings. The van der Waals surface area contributed by atoms with Crippen molar-refractivity contribution >= 4 is 26.9 Å². The first-order valence-electron chi connectivity index (χ1n) is 9.23. The van der Waals surface area contributed by atoms with Gasteiger partial charge in [0.25, 0.3) is 10.0 Å². The Morgan fingerprint density at radius 3 is 2.30 bits per heavy atom. The minimum absolute atomic E-state index is 0.0206. The second kappa shape index (κ2) is 8.61. The number of rotatable bonds is 7. The maximum Gasteiger partial charge on any atom is 0.573 e. The Labute approximate surface area is 183 Å². The van der Waals surface area contributed by atoms with Crippen LogP contribution in [0, 0.1) is 0 Å². The van der Waals surface area contributed by atoms with E-state index in [9.17, 15) is 39.6 Å². The molecule has 33 heavy (non-hydrogen) atoms. The number of carboxylic acids is 1. The molecule has 1 heterocycles. The van der Waals surface area contributed by atoms with Crippen molar-refractivity contribution in [3.8, 4) is 5.75 Å². The molecule has 1 N–H and O–H groups in total. The molecule has 0 bridgehead atoms. The van der Waals surface area contributed by atoms with Gasteiger partial charge in [0.15, 0.2) is 0 Å². The average Bonchev–Trinajstić information content (AvgIpc) is 3.04. The van der Waals surface area contributed by atoms with Crippen LogP contribution in [0.3, 0.4) is 0 Å². The Bertz CT molecular complexity index is 1290. The number of aliphatic carboxylic acids is 1. The lowest BCUT2D eigenvalue weighted by atomic mass is 10.1. The number of nitrogens with zero attached hydrogens (tertiary/aromatic N) is 1. The predicted molar refractivity (Wildman–Crippen MR) is 103 cm³/mol. The van der Waals surface area contributed by atoms with Gasteiger partial charge in [-0.25, -0.2) is 12.4 Å². The molecule has 0 unspecified atom stereocenters. The molecule has 0 amide bonds. The van der Waals surface area contributed by atoms with Crippen molar-refractivity contribution in [2.75, 3.05) is 0 Å². The van der Waals surface area contributed by atoms with Crippen LogP contribution >= 0.6 is 0 Å². The van der Waals surface area contributed by atoms with Gasteiger partial charge in [-0.1, -0.05) is 6.07 Å². The smallest absolute Gasteiger partial charge is 0.481 e. The number of halogens is 6. The fourth-order valence-corrected chi connectivity index (χ4v) is 4.84. The van der Waals surface area contributed by atoms with E-state index in [1.54, 1.807) is 0 Å². The Balaban J connectivity index is 2.16. The highest BCUT2D eigenvalue weighted by Crippen LogP contribution is 2.35. The Morgan fingerprint density at radius 2 is 1.70 bits per heavy atom. The molecule has 0 radical (unpaired) electrons. The zero-order valence-corrected chi connectivity index (χ0v) is 17.3. The standard InChI is InChI=1S/C20H15F6NO5S/c21-19(22,23)13-7-8-17-12(9-13)10-14(3-1-6-18(28)29)27(17)33(30,31)16-5-2-4-15(11-16)32-20(24,25)26/h2,4-5,7-11H,1,3,6H2,(H,28,29). The van der Waals surface area contributed by atoms with Crippen molar-refractivity contribution in [2.24, 2.45) is 0 Å². The Morgan fingerprint density at radius 1 is 1.00 bits per heavy atom. The first-order chi connectivity index (χ1) is 15.2. The van der Waals surface area contributed by atoms with E-state index in [1.807, 2.05) is 0 Å². The van der Waals surface area contributed by atoms with Crippen molar-refractivity contribution in [1.29, 1.82) is 0 Å². The van der Waals surface area contributed by atoms with Crippen LogP contribution in [0.1, 0.15) is 24.1 Å². The summed E-state index contributed by atoms with van der Waals surface area (Å²) in [6.45, 7) is 0. The number of ether oxygens (including phenoxy) is 1. The molecule has 1 aromatic heterocycles. The molecular formula is C20H15F6NO5S. The predicted octanol–water partition coefficient (Wildman–Crippen LogP) is 5.20. The zero-order chi connectivity index (χ0) is 24.6. The summed E-state index contributed by atoms with van der Waals surface area (Å²) in [5.41, 5.74) is -1.19. The summed E-state index contributed by atoms with van der Waals surface area (Å²) >= 11 is 0. The van der Waals surface area contributed by atoms with E-state index in [2.05, 4.69) is 4.74 Å². The van der Waals surface area contributed by atoms with Gasteiger partial charge in [-0.2, -0.15) is 13.2 Å². The second-order valence-electron chi connectivity index (χ2n) is 6.95. The maximum atomic E-state index is 13.3. The summed E-state index contributed by atoms with van der Waals surface area (Å²) < 4.78 is 108. The lowest BCUT2D eigenvalue weighted by Crippen LogP contribution is -2.19. The van der Waals surface area contributed by atoms with Gasteiger partial charge >= 0.3 is 18.5 Å². The summed E-state index contributed by atoms with van der Waals surface area (Å²) in [4.78, 5) is 10.2. The highest BCUT2D eigenvalue weighted by molar-refractivity contribution is 7.90. The number of carbonyl (C=O) groups is 1. The second-order valence-corrected chi connectivity index (χ2v) is 8.73. The number of carboxylic acid groups (broad SMARTS) is 1. The fraction of sp³-hybridized carbons (Fsp3) is 0.250. The molecule has 2 aromatic carbocycles. The van der Waals surface area contributed by atoms with E-state index in [-0.39, 0.29) is 35.9 Å². The molecule has 3 aromatic rings. The normalized spacial score (nSPS) is 12.8. The van der Waals surface area contributed by atoms with Gasteiger partial charge in [-0.3, -0.25) is 4.79 Å². The monoisotopic (exact) mass is 495 g/mol. The lowest BCUT2D eigenvalue weighted by molar-refractivity contribution is -0.274. The molecule has 13 heteroatoms. The highest BCUT2D eigenvalue weighted by Gasteiger charge is 2.33. The maximum absolute atomic E-state index is 13.3. The molecule has 0 atom stereocenters. The van der Waals surface area contributed by atoms with Crippen molar-refractivity contribution in [1.82, 2.24) is 3.97 Å². The highest BCUT2D eigenvalue weighted by atomic mass is 32.2. The van der Waals surface area contributed by atoms with Crippen molar-refractivity contribution in [3.05, 3.63) is 59.8 Å². The number of aryl methyl sites for hydroxylation is 1.